The summed E-state index contributed by atoms with van der Waals surface area (Å²) < 4.78 is 5.42. The van der Waals surface area contributed by atoms with Crippen LogP contribution in [0.5, 0.6) is 0 Å². The zero-order valence-corrected chi connectivity index (χ0v) is 17.2. The maximum absolute atomic E-state index is 9.34. The number of hydrogen-bond donors (Lipinski definition) is 2. The van der Waals surface area contributed by atoms with Gasteiger partial charge in [0.05, 0.1) is 19.8 Å². The lowest BCUT2D eigenvalue weighted by Gasteiger charge is -2.28. The van der Waals surface area contributed by atoms with Crippen LogP contribution in [0.1, 0.15) is 11.1 Å². The molecule has 150 valence electrons. The topological polar surface area (TPSA) is 70.5 Å². The fraction of sp³-hybridized carbons (Fsp3) is 0.273. The number of nitrogens with one attached hydrogen (secondary N) is 1. The summed E-state index contributed by atoms with van der Waals surface area (Å²) in [7, 11) is 0. The van der Waals surface area contributed by atoms with Crippen molar-refractivity contribution in [3.05, 3.63) is 65.9 Å². The van der Waals surface area contributed by atoms with Crippen LogP contribution < -0.4 is 10.2 Å². The Morgan fingerprint density at radius 1 is 1.14 bits per heavy atom. The van der Waals surface area contributed by atoms with Crippen LogP contribution in [-0.4, -0.2) is 41.4 Å². The number of aliphatic hydroxyl groups is 1. The van der Waals surface area contributed by atoms with Crippen LogP contribution in [0.4, 0.5) is 17.3 Å². The second-order valence-electron chi connectivity index (χ2n) is 6.86. The molecule has 1 aromatic heterocycles. The van der Waals surface area contributed by atoms with Gasteiger partial charge in [-0.05, 0) is 48.9 Å². The molecule has 0 radical (unpaired) electrons. The van der Waals surface area contributed by atoms with Crippen molar-refractivity contribution < 1.29 is 9.84 Å². The third kappa shape index (κ3) is 5.06. The molecule has 4 rings (SSSR count). The second kappa shape index (κ2) is 9.26. The zero-order valence-electron chi connectivity index (χ0n) is 16.3. The molecule has 0 atom stereocenters. The molecule has 29 heavy (non-hydrogen) atoms. The Morgan fingerprint density at radius 2 is 1.93 bits per heavy atom. The van der Waals surface area contributed by atoms with E-state index < -0.39 is 0 Å². The van der Waals surface area contributed by atoms with Crippen molar-refractivity contribution in [3.8, 4) is 0 Å². The minimum atomic E-state index is 0.0322. The van der Waals surface area contributed by atoms with Gasteiger partial charge in [-0.3, -0.25) is 0 Å². The van der Waals surface area contributed by atoms with Crippen LogP contribution >= 0.6 is 11.8 Å². The van der Waals surface area contributed by atoms with Crippen LogP contribution in [-0.2, 0) is 11.3 Å². The van der Waals surface area contributed by atoms with E-state index in [1.807, 2.05) is 49.5 Å². The fourth-order valence-electron chi connectivity index (χ4n) is 3.12. The first kappa shape index (κ1) is 19.7. The number of anilines is 3. The summed E-state index contributed by atoms with van der Waals surface area (Å²) in [6.07, 6.45) is 1.83. The normalized spacial score (nSPS) is 14.1. The molecule has 6 nitrogen and oxygen atoms in total. The first-order valence-electron chi connectivity index (χ1n) is 9.62. The summed E-state index contributed by atoms with van der Waals surface area (Å²) in [6, 6.07) is 16.2. The van der Waals surface area contributed by atoms with Crippen LogP contribution in [0, 0.1) is 6.92 Å². The first-order chi connectivity index (χ1) is 14.2. The van der Waals surface area contributed by atoms with E-state index in [-0.39, 0.29) is 6.61 Å². The van der Waals surface area contributed by atoms with E-state index in [1.54, 1.807) is 11.8 Å². The molecule has 2 heterocycles. The summed E-state index contributed by atoms with van der Waals surface area (Å²) in [5.41, 5.74) is 4.05. The van der Waals surface area contributed by atoms with Crippen LogP contribution in [0.25, 0.3) is 0 Å². The molecule has 1 aliphatic rings. The summed E-state index contributed by atoms with van der Waals surface area (Å²) in [5, 5.41) is 13.5. The Bertz CT molecular complexity index is 959. The maximum atomic E-state index is 9.34. The largest absolute Gasteiger partial charge is 0.392 e. The van der Waals surface area contributed by atoms with Gasteiger partial charge < -0.3 is 20.1 Å². The molecule has 0 saturated carbocycles. The third-order valence-corrected chi connectivity index (χ3v) is 5.82. The molecule has 3 aromatic rings. The Kier molecular flexibility index (Phi) is 6.29. The smallest absolute Gasteiger partial charge is 0.228 e. The van der Waals surface area contributed by atoms with Gasteiger partial charge in [0.15, 0.2) is 0 Å². The molecular formula is C22H24N4O2S. The Hall–Kier alpha value is -2.61. The number of morpholine rings is 1. The molecule has 1 fully saturated rings. The van der Waals surface area contributed by atoms with E-state index in [2.05, 4.69) is 32.3 Å². The number of rotatable bonds is 6. The number of hydrogen-bond acceptors (Lipinski definition) is 7. The minimum Gasteiger partial charge on any atom is -0.392 e. The van der Waals surface area contributed by atoms with Crippen molar-refractivity contribution in [2.24, 2.45) is 0 Å². The maximum Gasteiger partial charge on any atom is 0.228 e. The SMILES string of the molecule is Cc1cnc(Nc2ccc(N3CCOCC3)cc2)nc1Sc1cccc(CO)c1. The third-order valence-electron chi connectivity index (χ3n) is 4.72. The molecule has 1 saturated heterocycles. The van der Waals surface area contributed by atoms with Gasteiger partial charge in [0.2, 0.25) is 5.95 Å². The quantitative estimate of drug-likeness (QED) is 0.597. The van der Waals surface area contributed by atoms with Crippen molar-refractivity contribution in [3.63, 3.8) is 0 Å². The fourth-order valence-corrected chi connectivity index (χ4v) is 4.04. The van der Waals surface area contributed by atoms with Crippen LogP contribution in [0.3, 0.4) is 0 Å². The molecule has 7 heteroatoms. The molecule has 0 bridgehead atoms. The second-order valence-corrected chi connectivity index (χ2v) is 7.92. The molecule has 0 spiro atoms. The highest BCUT2D eigenvalue weighted by molar-refractivity contribution is 7.99. The van der Waals surface area contributed by atoms with Gasteiger partial charge in [-0.1, -0.05) is 23.9 Å². The highest BCUT2D eigenvalue weighted by Crippen LogP contribution is 2.30. The average Bonchev–Trinajstić information content (AvgIpc) is 2.77. The number of ether oxygens (including phenoxy) is 1. The lowest BCUT2D eigenvalue weighted by atomic mass is 10.2. The van der Waals surface area contributed by atoms with Gasteiger partial charge in [0, 0.05) is 41.1 Å². The van der Waals surface area contributed by atoms with Crippen molar-refractivity contribution in [2.75, 3.05) is 36.5 Å². The summed E-state index contributed by atoms with van der Waals surface area (Å²) in [6.45, 7) is 5.43. The van der Waals surface area contributed by atoms with Crippen molar-refractivity contribution >= 4 is 29.1 Å². The van der Waals surface area contributed by atoms with E-state index >= 15 is 0 Å². The number of nitrogens with zero attached hydrogens (tertiary/aromatic N) is 3. The van der Waals surface area contributed by atoms with Crippen LogP contribution in [0.2, 0.25) is 0 Å². The molecule has 2 aromatic carbocycles. The molecule has 1 aliphatic heterocycles. The highest BCUT2D eigenvalue weighted by Gasteiger charge is 2.11. The molecule has 0 aliphatic carbocycles. The summed E-state index contributed by atoms with van der Waals surface area (Å²) in [5.74, 6) is 0.565. The molecule has 0 amide bonds. The van der Waals surface area contributed by atoms with Gasteiger partial charge in [0.1, 0.15) is 5.03 Å². The minimum absolute atomic E-state index is 0.0322. The summed E-state index contributed by atoms with van der Waals surface area (Å²) in [4.78, 5) is 12.5. The van der Waals surface area contributed by atoms with Gasteiger partial charge in [-0.15, -0.1) is 0 Å². The summed E-state index contributed by atoms with van der Waals surface area (Å²) >= 11 is 1.57. The number of benzene rings is 2. The lowest BCUT2D eigenvalue weighted by molar-refractivity contribution is 0.122. The Morgan fingerprint density at radius 3 is 2.69 bits per heavy atom. The van der Waals surface area contributed by atoms with E-state index in [4.69, 9.17) is 4.74 Å². The van der Waals surface area contributed by atoms with Crippen molar-refractivity contribution in [2.45, 2.75) is 23.5 Å². The van der Waals surface area contributed by atoms with Gasteiger partial charge in [-0.2, -0.15) is 0 Å². The average molecular weight is 409 g/mol. The lowest BCUT2D eigenvalue weighted by Crippen LogP contribution is -2.36. The van der Waals surface area contributed by atoms with E-state index in [9.17, 15) is 5.11 Å². The standard InChI is InChI=1S/C22H24N4O2S/c1-16-14-23-22(25-21(16)29-20-4-2-3-17(13-20)15-27)24-18-5-7-19(8-6-18)26-9-11-28-12-10-26/h2-8,13-14,27H,9-12,15H2,1H3,(H,23,24,25). The first-order valence-corrected chi connectivity index (χ1v) is 10.4. The van der Waals surface area contributed by atoms with Gasteiger partial charge in [-0.25, -0.2) is 9.97 Å². The van der Waals surface area contributed by atoms with E-state index in [0.29, 0.717) is 5.95 Å². The predicted octanol–water partition coefficient (Wildman–Crippen LogP) is 4.01. The molecular weight excluding hydrogens is 384 g/mol. The van der Waals surface area contributed by atoms with Gasteiger partial charge in [0.25, 0.3) is 0 Å². The number of aryl methyl sites for hydroxylation is 1. The molecule has 2 N–H and O–H groups in total. The monoisotopic (exact) mass is 408 g/mol. The van der Waals surface area contributed by atoms with Crippen molar-refractivity contribution in [1.82, 2.24) is 9.97 Å². The molecule has 0 unspecified atom stereocenters. The van der Waals surface area contributed by atoms with Crippen molar-refractivity contribution in [1.29, 1.82) is 0 Å². The van der Waals surface area contributed by atoms with E-state index in [0.717, 1.165) is 53.0 Å². The number of aliphatic hydroxyl groups excluding tert-OH is 1. The Labute approximate surface area is 175 Å². The highest BCUT2D eigenvalue weighted by atomic mass is 32.2. The van der Waals surface area contributed by atoms with Gasteiger partial charge >= 0.3 is 0 Å². The van der Waals surface area contributed by atoms with E-state index in [1.165, 1.54) is 5.69 Å². The zero-order chi connectivity index (χ0) is 20.1. The Balaban J connectivity index is 1.47. The number of aromatic nitrogens is 2. The van der Waals surface area contributed by atoms with Crippen LogP contribution in [0.15, 0.2) is 64.6 Å². The predicted molar refractivity (Wildman–Crippen MR) is 116 cm³/mol.